The molecule has 0 radical (unpaired) electrons. The molecule has 2 aliphatic heterocycles. The normalized spacial score (nSPS) is 20.0. The van der Waals surface area contributed by atoms with E-state index >= 15 is 0 Å². The highest BCUT2D eigenvalue weighted by Gasteiger charge is 2.44. The number of methoxy groups -OCH3 is 1. The number of carbonyl (C=O) groups is 1. The average molecular weight is 411 g/mol. The number of phenols is 1. The molecule has 1 amide bonds. The number of hydrogen-bond donors (Lipinski definition) is 1. The van der Waals surface area contributed by atoms with Crippen LogP contribution < -0.4 is 9.47 Å². The Labute approximate surface area is 177 Å². The van der Waals surface area contributed by atoms with Crippen LogP contribution in [0.5, 0.6) is 17.2 Å². The molecule has 2 aromatic carbocycles. The number of likely N-dealkylation sites (tertiary alicyclic amines) is 1. The van der Waals surface area contributed by atoms with Crippen molar-refractivity contribution in [3.8, 4) is 17.2 Å². The van der Waals surface area contributed by atoms with Gasteiger partial charge in [-0.2, -0.15) is 0 Å². The largest absolute Gasteiger partial charge is 0.508 e. The molecule has 0 bridgehead atoms. The van der Waals surface area contributed by atoms with Gasteiger partial charge in [-0.05, 0) is 32.0 Å². The van der Waals surface area contributed by atoms with Crippen molar-refractivity contribution < 1.29 is 24.1 Å². The van der Waals surface area contributed by atoms with Crippen LogP contribution in [0.2, 0.25) is 0 Å². The fraction of sp³-hybridized carbons (Fsp3) is 0.458. The van der Waals surface area contributed by atoms with E-state index in [0.717, 1.165) is 30.6 Å². The zero-order valence-corrected chi connectivity index (χ0v) is 17.8. The number of carbonyl (C=O) groups excluding carboxylic acids is 1. The predicted molar refractivity (Wildman–Crippen MR) is 113 cm³/mol. The van der Waals surface area contributed by atoms with E-state index in [1.165, 1.54) is 19.2 Å². The maximum atomic E-state index is 13.1. The third kappa shape index (κ3) is 3.97. The quantitative estimate of drug-likeness (QED) is 0.811. The van der Waals surface area contributed by atoms with Crippen LogP contribution in [0.3, 0.4) is 0 Å². The van der Waals surface area contributed by atoms with Gasteiger partial charge in [0.05, 0.1) is 24.9 Å². The van der Waals surface area contributed by atoms with Gasteiger partial charge in [0.15, 0.2) is 0 Å². The summed E-state index contributed by atoms with van der Waals surface area (Å²) in [5.41, 5.74) is 1.23. The van der Waals surface area contributed by atoms with Gasteiger partial charge in [-0.3, -0.25) is 4.79 Å². The van der Waals surface area contributed by atoms with E-state index in [0.29, 0.717) is 24.4 Å². The first-order valence-corrected chi connectivity index (χ1v) is 10.5. The number of para-hydroxylation sites is 1. The fourth-order valence-electron chi connectivity index (χ4n) is 4.46. The monoisotopic (exact) mass is 411 g/mol. The molecule has 0 unspecified atom stereocenters. The number of piperidine rings is 1. The highest BCUT2D eigenvalue weighted by Crippen LogP contribution is 2.46. The second-order valence-electron chi connectivity index (χ2n) is 8.38. The molecule has 6 heteroatoms. The number of hydrogen-bond acceptors (Lipinski definition) is 5. The summed E-state index contributed by atoms with van der Waals surface area (Å²) >= 11 is 0. The summed E-state index contributed by atoms with van der Waals surface area (Å²) in [6, 6.07) is 12.7. The van der Waals surface area contributed by atoms with Gasteiger partial charge in [0.1, 0.15) is 22.8 Å². The third-order valence-electron chi connectivity index (χ3n) is 5.96. The number of nitrogens with zero attached hydrogens (tertiary/aromatic N) is 1. The smallest absolute Gasteiger partial charge is 0.257 e. The minimum absolute atomic E-state index is 0.00519. The second-order valence-corrected chi connectivity index (χ2v) is 8.38. The molecule has 0 aliphatic carbocycles. The molecule has 2 aromatic rings. The van der Waals surface area contributed by atoms with E-state index < -0.39 is 0 Å². The molecular weight excluding hydrogens is 382 g/mol. The van der Waals surface area contributed by atoms with Crippen molar-refractivity contribution in [2.45, 2.75) is 50.9 Å². The standard InChI is InChI=1S/C24H29NO5/c1-16(2)29-22-15-24(30-20-7-5-4-6-18(20)22)10-12-25(13-11-24)23(27)19-9-8-17(26)14-21(19)28-3/h4-9,14,16,22,26H,10-13,15H2,1-3H3/t22-/m0/s1. The summed E-state index contributed by atoms with van der Waals surface area (Å²) in [6.45, 7) is 5.30. The Morgan fingerprint density at radius 1 is 1.20 bits per heavy atom. The molecule has 160 valence electrons. The average Bonchev–Trinajstić information content (AvgIpc) is 2.73. The second kappa shape index (κ2) is 8.19. The van der Waals surface area contributed by atoms with Crippen LogP contribution in [0, 0.1) is 0 Å². The van der Waals surface area contributed by atoms with Crippen molar-refractivity contribution in [3.63, 3.8) is 0 Å². The molecule has 2 aliphatic rings. The lowest BCUT2D eigenvalue weighted by molar-refractivity contribution is -0.0872. The number of benzene rings is 2. The van der Waals surface area contributed by atoms with Gasteiger partial charge in [0, 0.05) is 44.0 Å². The summed E-state index contributed by atoms with van der Waals surface area (Å²) in [6.07, 6.45) is 2.39. The zero-order valence-electron chi connectivity index (χ0n) is 17.8. The number of phenolic OH excluding ortho intramolecular Hbond substituents is 1. The van der Waals surface area contributed by atoms with Crippen molar-refractivity contribution in [1.29, 1.82) is 0 Å². The molecule has 1 fully saturated rings. The molecule has 0 aromatic heterocycles. The Kier molecular flexibility index (Phi) is 5.60. The first-order chi connectivity index (χ1) is 14.4. The third-order valence-corrected chi connectivity index (χ3v) is 5.96. The van der Waals surface area contributed by atoms with Gasteiger partial charge in [-0.1, -0.05) is 18.2 Å². The first kappa shape index (κ1) is 20.5. The van der Waals surface area contributed by atoms with Gasteiger partial charge < -0.3 is 24.2 Å². The molecule has 1 saturated heterocycles. The Hall–Kier alpha value is -2.73. The lowest BCUT2D eigenvalue weighted by Gasteiger charge is -2.47. The summed E-state index contributed by atoms with van der Waals surface area (Å²) in [4.78, 5) is 14.9. The Morgan fingerprint density at radius 3 is 2.63 bits per heavy atom. The maximum Gasteiger partial charge on any atom is 0.257 e. The van der Waals surface area contributed by atoms with Crippen molar-refractivity contribution in [3.05, 3.63) is 53.6 Å². The van der Waals surface area contributed by atoms with E-state index in [9.17, 15) is 9.90 Å². The minimum atomic E-state index is -0.330. The maximum absolute atomic E-state index is 13.1. The van der Waals surface area contributed by atoms with E-state index in [4.69, 9.17) is 14.2 Å². The van der Waals surface area contributed by atoms with Crippen molar-refractivity contribution in [2.75, 3.05) is 20.2 Å². The SMILES string of the molecule is COc1cc(O)ccc1C(=O)N1CCC2(CC1)C[C@H](OC(C)C)c1ccccc1O2. The van der Waals surface area contributed by atoms with Gasteiger partial charge in [-0.25, -0.2) is 0 Å². The summed E-state index contributed by atoms with van der Waals surface area (Å²) < 4.78 is 18.0. The van der Waals surface area contributed by atoms with Crippen LogP contribution in [0.4, 0.5) is 0 Å². The lowest BCUT2D eigenvalue weighted by atomic mass is 9.81. The Morgan fingerprint density at radius 2 is 1.93 bits per heavy atom. The minimum Gasteiger partial charge on any atom is -0.508 e. The summed E-state index contributed by atoms with van der Waals surface area (Å²) in [5, 5.41) is 9.66. The summed E-state index contributed by atoms with van der Waals surface area (Å²) in [5.74, 6) is 1.25. The number of ether oxygens (including phenoxy) is 3. The molecule has 4 rings (SSSR count). The zero-order chi connectivity index (χ0) is 21.3. The lowest BCUT2D eigenvalue weighted by Crippen LogP contribution is -2.52. The van der Waals surface area contributed by atoms with Crippen molar-refractivity contribution >= 4 is 5.91 Å². The molecule has 2 heterocycles. The molecule has 1 spiro atoms. The molecular formula is C24H29NO5. The summed E-state index contributed by atoms with van der Waals surface area (Å²) in [7, 11) is 1.50. The van der Waals surface area contributed by atoms with Crippen LogP contribution in [0.1, 0.15) is 55.1 Å². The van der Waals surface area contributed by atoms with Crippen molar-refractivity contribution in [1.82, 2.24) is 4.90 Å². The highest BCUT2D eigenvalue weighted by molar-refractivity contribution is 5.97. The fourth-order valence-corrected chi connectivity index (χ4v) is 4.46. The molecule has 1 N–H and O–H groups in total. The van der Waals surface area contributed by atoms with Crippen LogP contribution in [0.25, 0.3) is 0 Å². The van der Waals surface area contributed by atoms with Gasteiger partial charge in [0.2, 0.25) is 0 Å². The van der Waals surface area contributed by atoms with Gasteiger partial charge >= 0.3 is 0 Å². The Balaban J connectivity index is 1.50. The number of fused-ring (bicyclic) bond motifs is 1. The van der Waals surface area contributed by atoms with E-state index in [1.807, 2.05) is 23.1 Å². The Bertz CT molecular complexity index is 918. The van der Waals surface area contributed by atoms with Crippen LogP contribution in [0.15, 0.2) is 42.5 Å². The number of rotatable bonds is 4. The van der Waals surface area contributed by atoms with Gasteiger partial charge in [-0.15, -0.1) is 0 Å². The van der Waals surface area contributed by atoms with Gasteiger partial charge in [0.25, 0.3) is 5.91 Å². The van der Waals surface area contributed by atoms with E-state index in [1.54, 1.807) is 6.07 Å². The first-order valence-electron chi connectivity index (χ1n) is 10.5. The number of aromatic hydroxyl groups is 1. The molecule has 0 saturated carbocycles. The molecule has 6 nitrogen and oxygen atoms in total. The highest BCUT2D eigenvalue weighted by atomic mass is 16.5. The van der Waals surface area contributed by atoms with Crippen LogP contribution in [-0.4, -0.2) is 47.8 Å². The predicted octanol–water partition coefficient (Wildman–Crippen LogP) is 4.32. The van der Waals surface area contributed by atoms with E-state index in [-0.39, 0.29) is 29.5 Å². The van der Waals surface area contributed by atoms with E-state index in [2.05, 4.69) is 19.9 Å². The van der Waals surface area contributed by atoms with Crippen molar-refractivity contribution in [2.24, 2.45) is 0 Å². The van der Waals surface area contributed by atoms with Crippen LogP contribution >= 0.6 is 0 Å². The number of amides is 1. The topological polar surface area (TPSA) is 68.2 Å². The molecule has 30 heavy (non-hydrogen) atoms. The molecule has 1 atom stereocenters. The van der Waals surface area contributed by atoms with Crippen LogP contribution in [-0.2, 0) is 4.74 Å².